The number of hydrogen-bond donors (Lipinski definition) is 3. The standard InChI is InChI=1S/C20H30N2O4/c1-13(2)12-16(18(24)21-11-10-20(4,5)19(25)26)22-17(23)15-9-7-6-8-14(15)3/h6-9,13,16H,10-12H2,1-5H3,(H,21,24)(H,22,23)(H,25,26). The van der Waals surface area contributed by atoms with Crippen LogP contribution in [0.1, 0.15) is 56.5 Å². The molecule has 0 bridgehead atoms. The molecule has 0 saturated heterocycles. The molecular formula is C20H30N2O4. The lowest BCUT2D eigenvalue weighted by atomic mass is 9.89. The number of carbonyl (C=O) groups is 3. The highest BCUT2D eigenvalue weighted by Gasteiger charge is 2.28. The van der Waals surface area contributed by atoms with Gasteiger partial charge in [-0.25, -0.2) is 0 Å². The van der Waals surface area contributed by atoms with Crippen molar-refractivity contribution in [3.8, 4) is 0 Å². The normalized spacial score (nSPS) is 12.5. The van der Waals surface area contributed by atoms with E-state index in [1.165, 1.54) is 0 Å². The number of nitrogens with one attached hydrogen (secondary N) is 2. The Bertz CT molecular complexity index is 653. The zero-order valence-electron chi connectivity index (χ0n) is 16.3. The summed E-state index contributed by atoms with van der Waals surface area (Å²) >= 11 is 0. The van der Waals surface area contributed by atoms with Gasteiger partial charge in [-0.05, 0) is 51.2 Å². The summed E-state index contributed by atoms with van der Waals surface area (Å²) in [5.41, 5.74) is 0.476. The highest BCUT2D eigenvalue weighted by Crippen LogP contribution is 2.19. The molecule has 2 amide bonds. The Labute approximate surface area is 155 Å². The Hall–Kier alpha value is -2.37. The largest absolute Gasteiger partial charge is 0.481 e. The van der Waals surface area contributed by atoms with E-state index in [0.29, 0.717) is 18.4 Å². The molecule has 6 nitrogen and oxygen atoms in total. The van der Waals surface area contributed by atoms with Crippen molar-refractivity contribution in [2.75, 3.05) is 6.54 Å². The fourth-order valence-corrected chi connectivity index (χ4v) is 2.49. The predicted octanol–water partition coefficient (Wildman–Crippen LogP) is 2.76. The van der Waals surface area contributed by atoms with Crippen LogP contribution < -0.4 is 10.6 Å². The Morgan fingerprint density at radius 3 is 2.31 bits per heavy atom. The molecular weight excluding hydrogens is 332 g/mol. The van der Waals surface area contributed by atoms with E-state index in [1.807, 2.05) is 32.9 Å². The molecule has 0 aliphatic carbocycles. The van der Waals surface area contributed by atoms with Crippen LogP contribution in [0.15, 0.2) is 24.3 Å². The van der Waals surface area contributed by atoms with Gasteiger partial charge >= 0.3 is 5.97 Å². The van der Waals surface area contributed by atoms with Crippen LogP contribution in [-0.2, 0) is 9.59 Å². The fraction of sp³-hybridized carbons (Fsp3) is 0.550. The second-order valence-electron chi connectivity index (χ2n) is 7.70. The van der Waals surface area contributed by atoms with E-state index in [4.69, 9.17) is 5.11 Å². The van der Waals surface area contributed by atoms with Gasteiger partial charge in [0.15, 0.2) is 0 Å². The topological polar surface area (TPSA) is 95.5 Å². The van der Waals surface area contributed by atoms with Gasteiger partial charge in [-0.2, -0.15) is 0 Å². The maximum atomic E-state index is 12.5. The molecule has 26 heavy (non-hydrogen) atoms. The second-order valence-corrected chi connectivity index (χ2v) is 7.70. The van der Waals surface area contributed by atoms with E-state index in [-0.39, 0.29) is 24.3 Å². The number of carbonyl (C=O) groups excluding carboxylic acids is 2. The molecule has 144 valence electrons. The average Bonchev–Trinajstić information content (AvgIpc) is 2.53. The SMILES string of the molecule is Cc1ccccc1C(=O)NC(CC(C)C)C(=O)NCCC(C)(C)C(=O)O. The van der Waals surface area contributed by atoms with Crippen molar-refractivity contribution in [1.82, 2.24) is 10.6 Å². The minimum absolute atomic E-state index is 0.221. The zero-order chi connectivity index (χ0) is 19.9. The molecule has 1 atom stereocenters. The summed E-state index contributed by atoms with van der Waals surface area (Å²) in [6.45, 7) is 9.29. The van der Waals surface area contributed by atoms with Gasteiger partial charge in [-0.15, -0.1) is 0 Å². The summed E-state index contributed by atoms with van der Waals surface area (Å²) in [5, 5.41) is 14.7. The number of amides is 2. The van der Waals surface area contributed by atoms with Gasteiger partial charge in [-0.3, -0.25) is 14.4 Å². The molecule has 1 unspecified atom stereocenters. The highest BCUT2D eigenvalue weighted by atomic mass is 16.4. The summed E-state index contributed by atoms with van der Waals surface area (Å²) in [7, 11) is 0. The molecule has 0 fully saturated rings. The van der Waals surface area contributed by atoms with E-state index < -0.39 is 17.4 Å². The lowest BCUT2D eigenvalue weighted by Crippen LogP contribution is -2.48. The molecule has 1 aromatic rings. The van der Waals surface area contributed by atoms with Crippen molar-refractivity contribution < 1.29 is 19.5 Å². The molecule has 0 aromatic heterocycles. The first-order valence-electron chi connectivity index (χ1n) is 8.92. The van der Waals surface area contributed by atoms with E-state index >= 15 is 0 Å². The number of carboxylic acid groups (broad SMARTS) is 1. The first-order chi connectivity index (χ1) is 12.0. The molecule has 0 heterocycles. The maximum absolute atomic E-state index is 12.5. The third-order valence-corrected chi connectivity index (χ3v) is 4.35. The quantitative estimate of drug-likeness (QED) is 0.629. The average molecular weight is 362 g/mol. The first kappa shape index (κ1) is 21.7. The first-order valence-corrected chi connectivity index (χ1v) is 8.92. The Morgan fingerprint density at radius 1 is 1.15 bits per heavy atom. The summed E-state index contributed by atoms with van der Waals surface area (Å²) in [4.78, 5) is 36.2. The van der Waals surface area contributed by atoms with E-state index in [0.717, 1.165) is 5.56 Å². The summed E-state index contributed by atoms with van der Waals surface area (Å²) < 4.78 is 0. The predicted molar refractivity (Wildman–Crippen MR) is 101 cm³/mol. The van der Waals surface area contributed by atoms with Crippen LogP contribution in [0.3, 0.4) is 0 Å². The van der Waals surface area contributed by atoms with E-state index in [2.05, 4.69) is 10.6 Å². The monoisotopic (exact) mass is 362 g/mol. The van der Waals surface area contributed by atoms with Gasteiger partial charge in [-0.1, -0.05) is 32.0 Å². The van der Waals surface area contributed by atoms with Gasteiger partial charge < -0.3 is 15.7 Å². The van der Waals surface area contributed by atoms with Crippen molar-refractivity contribution in [3.63, 3.8) is 0 Å². The summed E-state index contributed by atoms with van der Waals surface area (Å²) in [5.74, 6) is -1.26. The van der Waals surface area contributed by atoms with Crippen LogP contribution in [0.2, 0.25) is 0 Å². The van der Waals surface area contributed by atoms with Crippen LogP contribution >= 0.6 is 0 Å². The Kier molecular flexibility index (Phi) is 7.80. The molecule has 3 N–H and O–H groups in total. The molecule has 1 rings (SSSR count). The fourth-order valence-electron chi connectivity index (χ4n) is 2.49. The van der Waals surface area contributed by atoms with Crippen molar-refractivity contribution in [2.45, 2.75) is 53.5 Å². The lowest BCUT2D eigenvalue weighted by molar-refractivity contribution is -0.147. The van der Waals surface area contributed by atoms with Crippen LogP contribution in [0, 0.1) is 18.3 Å². The lowest BCUT2D eigenvalue weighted by Gasteiger charge is -2.23. The van der Waals surface area contributed by atoms with Crippen molar-refractivity contribution in [3.05, 3.63) is 35.4 Å². The molecule has 0 spiro atoms. The molecule has 0 aliphatic rings. The van der Waals surface area contributed by atoms with Gasteiger partial charge in [0.05, 0.1) is 5.41 Å². The van der Waals surface area contributed by atoms with E-state index in [1.54, 1.807) is 26.0 Å². The van der Waals surface area contributed by atoms with Crippen LogP contribution in [0.5, 0.6) is 0 Å². The van der Waals surface area contributed by atoms with Crippen LogP contribution in [0.4, 0.5) is 0 Å². The molecule has 6 heteroatoms. The smallest absolute Gasteiger partial charge is 0.309 e. The number of hydrogen-bond acceptors (Lipinski definition) is 3. The number of carboxylic acids is 1. The summed E-state index contributed by atoms with van der Waals surface area (Å²) in [6.07, 6.45) is 0.819. The third kappa shape index (κ3) is 6.50. The van der Waals surface area contributed by atoms with Gasteiger partial charge in [0.2, 0.25) is 5.91 Å². The van der Waals surface area contributed by atoms with Gasteiger partial charge in [0.1, 0.15) is 6.04 Å². The molecule has 0 aliphatic heterocycles. The van der Waals surface area contributed by atoms with Crippen molar-refractivity contribution in [2.24, 2.45) is 11.3 Å². The second kappa shape index (κ2) is 9.36. The molecule has 0 radical (unpaired) electrons. The minimum atomic E-state index is -0.911. The van der Waals surface area contributed by atoms with E-state index in [9.17, 15) is 14.4 Å². The maximum Gasteiger partial charge on any atom is 0.309 e. The minimum Gasteiger partial charge on any atom is -0.481 e. The molecule has 1 aromatic carbocycles. The number of rotatable bonds is 9. The van der Waals surface area contributed by atoms with Gasteiger partial charge in [0, 0.05) is 12.1 Å². The van der Waals surface area contributed by atoms with Gasteiger partial charge in [0.25, 0.3) is 5.91 Å². The molecule has 0 saturated carbocycles. The van der Waals surface area contributed by atoms with Crippen LogP contribution in [-0.4, -0.2) is 35.5 Å². The zero-order valence-corrected chi connectivity index (χ0v) is 16.3. The van der Waals surface area contributed by atoms with Crippen LogP contribution in [0.25, 0.3) is 0 Å². The summed E-state index contributed by atoms with van der Waals surface area (Å²) in [6, 6.07) is 6.56. The Morgan fingerprint density at radius 2 is 1.77 bits per heavy atom. The Balaban J connectivity index is 2.74. The third-order valence-electron chi connectivity index (χ3n) is 4.35. The highest BCUT2D eigenvalue weighted by molar-refractivity contribution is 5.98. The number of aliphatic carboxylic acids is 1. The van der Waals surface area contributed by atoms with Crippen molar-refractivity contribution in [1.29, 1.82) is 0 Å². The number of aryl methyl sites for hydroxylation is 1. The number of benzene rings is 1. The van der Waals surface area contributed by atoms with Crippen molar-refractivity contribution >= 4 is 17.8 Å².